The Morgan fingerprint density at radius 1 is 1.56 bits per heavy atom. The summed E-state index contributed by atoms with van der Waals surface area (Å²) in [6.45, 7) is 2.78. The van der Waals surface area contributed by atoms with Crippen LogP contribution < -0.4 is 5.73 Å². The summed E-state index contributed by atoms with van der Waals surface area (Å²) in [7, 11) is 0. The lowest BCUT2D eigenvalue weighted by Gasteiger charge is -2.05. The summed E-state index contributed by atoms with van der Waals surface area (Å²) in [6, 6.07) is 3.32. The fourth-order valence-corrected chi connectivity index (χ4v) is 1.92. The van der Waals surface area contributed by atoms with Crippen molar-refractivity contribution >= 4 is 17.4 Å². The smallest absolute Gasteiger partial charge is 0.212 e. The van der Waals surface area contributed by atoms with E-state index in [0.29, 0.717) is 35.1 Å². The monoisotopic (exact) mass is 264 g/mol. The normalized spacial score (nSPS) is 10.6. The van der Waals surface area contributed by atoms with Gasteiger partial charge in [-0.1, -0.05) is 11.6 Å². The highest BCUT2D eigenvalue weighted by Gasteiger charge is 2.18. The van der Waals surface area contributed by atoms with Crippen LogP contribution in [0.4, 0.5) is 0 Å². The van der Waals surface area contributed by atoms with E-state index < -0.39 is 0 Å². The van der Waals surface area contributed by atoms with Crippen LogP contribution in [0.15, 0.2) is 24.5 Å². The van der Waals surface area contributed by atoms with Crippen LogP contribution in [-0.2, 0) is 13.1 Å². The van der Waals surface area contributed by atoms with Crippen molar-refractivity contribution in [2.24, 2.45) is 5.73 Å². The van der Waals surface area contributed by atoms with Gasteiger partial charge in [-0.05, 0) is 19.1 Å². The van der Waals surface area contributed by atoms with Crippen molar-refractivity contribution < 1.29 is 4.79 Å². The van der Waals surface area contributed by atoms with Gasteiger partial charge in [0.2, 0.25) is 5.78 Å². The van der Waals surface area contributed by atoms with Crippen LogP contribution in [0.5, 0.6) is 0 Å². The molecule has 2 N–H and O–H groups in total. The molecular weight excluding hydrogens is 252 g/mol. The Balaban J connectivity index is 2.44. The van der Waals surface area contributed by atoms with Gasteiger partial charge in [-0.15, -0.1) is 0 Å². The highest BCUT2D eigenvalue weighted by molar-refractivity contribution is 6.34. The third-order valence-electron chi connectivity index (χ3n) is 2.60. The Kier molecular flexibility index (Phi) is 3.74. The van der Waals surface area contributed by atoms with Gasteiger partial charge in [-0.3, -0.25) is 14.5 Å². The first kappa shape index (κ1) is 12.7. The standard InChI is InChI=1S/C12H13ClN4O/c1-2-17-11(10(13)7-16-17)12(18)8-3-4-15-9(5-8)6-14/h3-5,7H,2,6,14H2,1H3. The van der Waals surface area contributed by atoms with Gasteiger partial charge in [0.05, 0.1) is 16.9 Å². The average Bonchev–Trinajstić information content (AvgIpc) is 2.79. The van der Waals surface area contributed by atoms with Crippen molar-refractivity contribution in [3.8, 4) is 0 Å². The van der Waals surface area contributed by atoms with Gasteiger partial charge in [-0.25, -0.2) is 0 Å². The molecule has 2 aromatic heterocycles. The lowest BCUT2D eigenvalue weighted by Crippen LogP contribution is -2.12. The largest absolute Gasteiger partial charge is 0.325 e. The van der Waals surface area contributed by atoms with Crippen molar-refractivity contribution in [3.63, 3.8) is 0 Å². The second-order valence-corrected chi connectivity index (χ2v) is 4.13. The molecule has 5 nitrogen and oxygen atoms in total. The number of nitrogens with two attached hydrogens (primary N) is 1. The minimum Gasteiger partial charge on any atom is -0.325 e. The van der Waals surface area contributed by atoms with Crippen molar-refractivity contribution in [3.05, 3.63) is 46.5 Å². The van der Waals surface area contributed by atoms with E-state index in [0.717, 1.165) is 0 Å². The Labute approximate surface area is 110 Å². The first-order chi connectivity index (χ1) is 8.67. The Bertz CT molecular complexity index is 579. The summed E-state index contributed by atoms with van der Waals surface area (Å²) in [5, 5.41) is 4.40. The number of nitrogens with zero attached hydrogens (tertiary/aromatic N) is 3. The van der Waals surface area contributed by atoms with Crippen LogP contribution in [0.3, 0.4) is 0 Å². The number of halogens is 1. The molecule has 0 radical (unpaired) electrons. The predicted molar refractivity (Wildman–Crippen MR) is 68.5 cm³/mol. The maximum Gasteiger partial charge on any atom is 0.212 e. The molecule has 6 heteroatoms. The molecule has 2 rings (SSSR count). The van der Waals surface area contributed by atoms with E-state index in [9.17, 15) is 4.79 Å². The molecule has 0 spiro atoms. The number of aromatic nitrogens is 3. The van der Waals surface area contributed by atoms with E-state index in [-0.39, 0.29) is 5.78 Å². The van der Waals surface area contributed by atoms with Gasteiger partial charge < -0.3 is 5.73 Å². The summed E-state index contributed by atoms with van der Waals surface area (Å²) in [6.07, 6.45) is 3.04. The molecule has 0 bridgehead atoms. The van der Waals surface area contributed by atoms with Crippen LogP contribution in [0, 0.1) is 0 Å². The van der Waals surface area contributed by atoms with Crippen molar-refractivity contribution in [1.29, 1.82) is 0 Å². The minimum atomic E-state index is -0.170. The summed E-state index contributed by atoms with van der Waals surface area (Å²) < 4.78 is 1.58. The van der Waals surface area contributed by atoms with Crippen LogP contribution in [0.2, 0.25) is 5.02 Å². The van der Waals surface area contributed by atoms with E-state index >= 15 is 0 Å². The second-order valence-electron chi connectivity index (χ2n) is 3.73. The quantitative estimate of drug-likeness (QED) is 0.852. The maximum absolute atomic E-state index is 12.4. The third kappa shape index (κ3) is 2.27. The third-order valence-corrected chi connectivity index (χ3v) is 2.87. The number of carbonyl (C=O) groups excluding carboxylic acids is 1. The molecule has 0 aliphatic carbocycles. The van der Waals surface area contributed by atoms with Crippen molar-refractivity contribution in [2.75, 3.05) is 0 Å². The van der Waals surface area contributed by atoms with E-state index in [1.54, 1.807) is 23.0 Å². The van der Waals surface area contributed by atoms with Crippen LogP contribution in [0.25, 0.3) is 0 Å². The molecule has 0 aliphatic heterocycles. The molecule has 2 heterocycles. The average molecular weight is 265 g/mol. The number of pyridine rings is 1. The first-order valence-corrected chi connectivity index (χ1v) is 5.96. The summed E-state index contributed by atoms with van der Waals surface area (Å²) in [4.78, 5) is 16.4. The molecule has 0 atom stereocenters. The highest BCUT2D eigenvalue weighted by atomic mass is 35.5. The van der Waals surface area contributed by atoms with Crippen LogP contribution in [0.1, 0.15) is 28.7 Å². The molecule has 0 amide bonds. The van der Waals surface area contributed by atoms with Gasteiger partial charge in [0.15, 0.2) is 0 Å². The Hall–Kier alpha value is -1.72. The molecule has 18 heavy (non-hydrogen) atoms. The number of ketones is 1. The van der Waals surface area contributed by atoms with E-state index in [1.165, 1.54) is 6.20 Å². The minimum absolute atomic E-state index is 0.170. The van der Waals surface area contributed by atoms with Gasteiger partial charge in [0, 0.05) is 24.8 Å². The molecule has 0 aliphatic rings. The number of rotatable bonds is 4. The van der Waals surface area contributed by atoms with Crippen molar-refractivity contribution in [2.45, 2.75) is 20.0 Å². The number of carbonyl (C=O) groups is 1. The Morgan fingerprint density at radius 2 is 2.33 bits per heavy atom. The van der Waals surface area contributed by atoms with E-state index in [2.05, 4.69) is 10.1 Å². The zero-order chi connectivity index (χ0) is 13.1. The lowest BCUT2D eigenvalue weighted by molar-refractivity contribution is 0.102. The molecule has 2 aromatic rings. The highest BCUT2D eigenvalue weighted by Crippen LogP contribution is 2.19. The summed E-state index contributed by atoms with van der Waals surface area (Å²) in [5.74, 6) is -0.170. The van der Waals surface area contributed by atoms with Crippen LogP contribution >= 0.6 is 11.6 Å². The fourth-order valence-electron chi connectivity index (χ4n) is 1.70. The first-order valence-electron chi connectivity index (χ1n) is 5.58. The Morgan fingerprint density at radius 3 is 3.00 bits per heavy atom. The van der Waals surface area contributed by atoms with Crippen LogP contribution in [-0.4, -0.2) is 20.5 Å². The number of hydrogen-bond acceptors (Lipinski definition) is 4. The fraction of sp³-hybridized carbons (Fsp3) is 0.250. The van der Waals surface area contributed by atoms with Gasteiger partial charge >= 0.3 is 0 Å². The second kappa shape index (κ2) is 5.29. The summed E-state index contributed by atoms with van der Waals surface area (Å²) >= 11 is 6.00. The lowest BCUT2D eigenvalue weighted by atomic mass is 10.1. The predicted octanol–water partition coefficient (Wildman–Crippen LogP) is 1.64. The van der Waals surface area contributed by atoms with Crippen molar-refractivity contribution in [1.82, 2.24) is 14.8 Å². The molecule has 94 valence electrons. The van der Waals surface area contributed by atoms with E-state index in [4.69, 9.17) is 17.3 Å². The SMILES string of the molecule is CCn1ncc(Cl)c1C(=O)c1ccnc(CN)c1. The molecule has 0 unspecified atom stereocenters. The zero-order valence-electron chi connectivity index (χ0n) is 9.93. The topological polar surface area (TPSA) is 73.8 Å². The number of hydrogen-bond donors (Lipinski definition) is 1. The molecular formula is C12H13ClN4O. The van der Waals surface area contributed by atoms with Gasteiger partial charge in [0.1, 0.15) is 5.69 Å². The summed E-state index contributed by atoms with van der Waals surface area (Å²) in [5.41, 5.74) is 7.09. The van der Waals surface area contributed by atoms with E-state index in [1.807, 2.05) is 6.92 Å². The van der Waals surface area contributed by atoms with Gasteiger partial charge in [0.25, 0.3) is 0 Å². The molecule has 0 saturated carbocycles. The maximum atomic E-state index is 12.4. The van der Waals surface area contributed by atoms with Gasteiger partial charge in [-0.2, -0.15) is 5.10 Å². The molecule has 0 saturated heterocycles. The molecule has 0 aromatic carbocycles. The molecule has 0 fully saturated rings. The zero-order valence-corrected chi connectivity index (χ0v) is 10.7. The number of aryl methyl sites for hydroxylation is 1.